The third-order valence-electron chi connectivity index (χ3n) is 5.17. The van der Waals surface area contributed by atoms with Crippen LogP contribution in [-0.2, 0) is 4.79 Å². The van der Waals surface area contributed by atoms with Crippen LogP contribution in [0.5, 0.6) is 5.75 Å². The van der Waals surface area contributed by atoms with Crippen molar-refractivity contribution in [2.45, 2.75) is 24.5 Å². The zero-order chi connectivity index (χ0) is 22.8. The van der Waals surface area contributed by atoms with E-state index in [4.69, 9.17) is 13.6 Å². The molecular formula is C22H20N6O4S. The number of amides is 1. The van der Waals surface area contributed by atoms with Gasteiger partial charge in [0, 0.05) is 6.42 Å². The SMILES string of the molecule is COc1ccc(C)cc1-n1nnnc1SCC(=O)N1N=C(c2ccco2)CC1c1ccco1. The van der Waals surface area contributed by atoms with Crippen LogP contribution >= 0.6 is 11.8 Å². The molecule has 0 bridgehead atoms. The Kier molecular flexibility index (Phi) is 5.69. The molecule has 1 aromatic carbocycles. The van der Waals surface area contributed by atoms with Crippen LogP contribution < -0.4 is 4.74 Å². The summed E-state index contributed by atoms with van der Waals surface area (Å²) >= 11 is 1.22. The Morgan fingerprint density at radius 1 is 1.21 bits per heavy atom. The molecule has 168 valence electrons. The van der Waals surface area contributed by atoms with Crippen LogP contribution in [0.4, 0.5) is 0 Å². The summed E-state index contributed by atoms with van der Waals surface area (Å²) in [4.78, 5) is 13.2. The largest absolute Gasteiger partial charge is 0.494 e. The van der Waals surface area contributed by atoms with Crippen molar-refractivity contribution in [2.75, 3.05) is 12.9 Å². The maximum Gasteiger partial charge on any atom is 0.253 e. The van der Waals surface area contributed by atoms with E-state index in [0.29, 0.717) is 40.2 Å². The lowest BCUT2D eigenvalue weighted by Crippen LogP contribution is -2.28. The van der Waals surface area contributed by atoms with Crippen LogP contribution in [0.1, 0.15) is 29.5 Å². The molecule has 0 radical (unpaired) electrons. The maximum absolute atomic E-state index is 13.2. The number of carbonyl (C=O) groups excluding carboxylic acids is 1. The van der Waals surface area contributed by atoms with Gasteiger partial charge in [-0.1, -0.05) is 17.8 Å². The van der Waals surface area contributed by atoms with Crippen LogP contribution in [0.2, 0.25) is 0 Å². The average Bonchev–Trinajstić information content (AvgIpc) is 3.63. The standard InChI is InChI=1S/C22H20N6O4S/c1-14-7-8-19(30-2)16(11-14)28-22(23-25-26-28)33-13-21(29)27-17(20-6-4-10-32-20)12-15(24-27)18-5-3-9-31-18/h3-11,17H,12-13H2,1-2H3. The third-order valence-corrected chi connectivity index (χ3v) is 6.08. The number of benzene rings is 1. The minimum atomic E-state index is -0.346. The highest BCUT2D eigenvalue weighted by Crippen LogP contribution is 2.34. The molecule has 5 rings (SSSR count). The molecule has 1 aliphatic heterocycles. The molecule has 1 amide bonds. The molecule has 0 spiro atoms. The summed E-state index contributed by atoms with van der Waals surface area (Å²) in [6.07, 6.45) is 3.66. The predicted molar refractivity (Wildman–Crippen MR) is 119 cm³/mol. The number of hydrazone groups is 1. The van der Waals surface area contributed by atoms with E-state index in [1.807, 2.05) is 37.3 Å². The van der Waals surface area contributed by atoms with E-state index in [1.54, 1.807) is 36.5 Å². The van der Waals surface area contributed by atoms with Gasteiger partial charge in [-0.25, -0.2) is 5.01 Å². The van der Waals surface area contributed by atoms with Gasteiger partial charge in [-0.05, 0) is 59.3 Å². The maximum atomic E-state index is 13.2. The van der Waals surface area contributed by atoms with Crippen LogP contribution in [0, 0.1) is 6.92 Å². The van der Waals surface area contributed by atoms with Crippen LogP contribution in [0.15, 0.2) is 74.1 Å². The number of methoxy groups -OCH3 is 1. The van der Waals surface area contributed by atoms with E-state index in [9.17, 15) is 4.79 Å². The van der Waals surface area contributed by atoms with Gasteiger partial charge in [0.15, 0.2) is 0 Å². The van der Waals surface area contributed by atoms with Gasteiger partial charge < -0.3 is 13.6 Å². The number of thioether (sulfide) groups is 1. The minimum absolute atomic E-state index is 0.0840. The molecule has 10 nitrogen and oxygen atoms in total. The molecule has 0 N–H and O–H groups in total. The first kappa shape index (κ1) is 21.0. The molecule has 4 aromatic rings. The first-order valence-electron chi connectivity index (χ1n) is 10.2. The second-order valence-electron chi connectivity index (χ2n) is 7.33. The molecular weight excluding hydrogens is 444 g/mol. The number of nitrogens with zero attached hydrogens (tertiary/aromatic N) is 6. The monoisotopic (exact) mass is 464 g/mol. The predicted octanol–water partition coefficient (Wildman–Crippen LogP) is 3.64. The summed E-state index contributed by atoms with van der Waals surface area (Å²) < 4.78 is 18.1. The number of tetrazole rings is 1. The molecule has 4 heterocycles. The minimum Gasteiger partial charge on any atom is -0.494 e. The van der Waals surface area contributed by atoms with Crippen molar-refractivity contribution in [3.63, 3.8) is 0 Å². The van der Waals surface area contributed by atoms with Gasteiger partial charge in [0.2, 0.25) is 5.16 Å². The summed E-state index contributed by atoms with van der Waals surface area (Å²) in [6, 6.07) is 12.6. The van der Waals surface area contributed by atoms with Gasteiger partial charge in [0.1, 0.15) is 34.7 Å². The van der Waals surface area contributed by atoms with Crippen molar-refractivity contribution in [3.8, 4) is 11.4 Å². The lowest BCUT2D eigenvalue weighted by atomic mass is 10.1. The van der Waals surface area contributed by atoms with E-state index in [2.05, 4.69) is 20.6 Å². The molecule has 11 heteroatoms. The van der Waals surface area contributed by atoms with Crippen molar-refractivity contribution < 1.29 is 18.4 Å². The quantitative estimate of drug-likeness (QED) is 0.381. The second kappa shape index (κ2) is 8.94. The number of rotatable bonds is 7. The van der Waals surface area contributed by atoms with Gasteiger partial charge in [0.05, 0.1) is 25.4 Å². The summed E-state index contributed by atoms with van der Waals surface area (Å²) in [5.41, 5.74) is 2.42. The Morgan fingerprint density at radius 2 is 2.06 bits per heavy atom. The van der Waals surface area contributed by atoms with E-state index in [-0.39, 0.29) is 17.7 Å². The number of furan rings is 2. The van der Waals surface area contributed by atoms with Crippen LogP contribution in [0.25, 0.3) is 5.69 Å². The van der Waals surface area contributed by atoms with Crippen molar-refractivity contribution in [3.05, 3.63) is 72.1 Å². The van der Waals surface area contributed by atoms with Crippen molar-refractivity contribution in [1.82, 2.24) is 25.2 Å². The summed E-state index contributed by atoms with van der Waals surface area (Å²) in [6.45, 7) is 1.97. The Morgan fingerprint density at radius 3 is 2.82 bits per heavy atom. The Balaban J connectivity index is 1.37. The third kappa shape index (κ3) is 4.14. The zero-order valence-corrected chi connectivity index (χ0v) is 18.7. The Labute approximate surface area is 193 Å². The lowest BCUT2D eigenvalue weighted by Gasteiger charge is -2.19. The van der Waals surface area contributed by atoms with Crippen molar-refractivity contribution >= 4 is 23.4 Å². The molecule has 1 unspecified atom stereocenters. The van der Waals surface area contributed by atoms with Crippen molar-refractivity contribution in [1.29, 1.82) is 0 Å². The highest BCUT2D eigenvalue weighted by molar-refractivity contribution is 7.99. The Bertz CT molecular complexity index is 1280. The summed E-state index contributed by atoms with van der Waals surface area (Å²) in [5.74, 6) is 1.80. The van der Waals surface area contributed by atoms with Crippen LogP contribution in [0.3, 0.4) is 0 Å². The molecule has 3 aromatic heterocycles. The van der Waals surface area contributed by atoms with Gasteiger partial charge >= 0.3 is 0 Å². The topological polar surface area (TPSA) is 112 Å². The Hall–Kier alpha value is -3.86. The molecule has 1 aliphatic rings. The molecule has 0 fully saturated rings. The van der Waals surface area contributed by atoms with Crippen LogP contribution in [-0.4, -0.2) is 49.7 Å². The average molecular weight is 465 g/mol. The summed E-state index contributed by atoms with van der Waals surface area (Å²) in [7, 11) is 1.59. The fraction of sp³-hybridized carbons (Fsp3) is 0.227. The molecule has 1 atom stereocenters. The number of hydrogen-bond acceptors (Lipinski definition) is 9. The van der Waals surface area contributed by atoms with E-state index in [1.165, 1.54) is 16.8 Å². The van der Waals surface area contributed by atoms with E-state index >= 15 is 0 Å². The number of carbonyl (C=O) groups is 1. The number of ether oxygens (including phenoxy) is 1. The number of aryl methyl sites for hydroxylation is 1. The molecule has 0 aliphatic carbocycles. The summed E-state index contributed by atoms with van der Waals surface area (Å²) in [5, 5.41) is 18.4. The lowest BCUT2D eigenvalue weighted by molar-refractivity contribution is -0.130. The smallest absolute Gasteiger partial charge is 0.253 e. The second-order valence-corrected chi connectivity index (χ2v) is 8.28. The van der Waals surface area contributed by atoms with Gasteiger partial charge in [-0.3, -0.25) is 4.79 Å². The highest BCUT2D eigenvalue weighted by atomic mass is 32.2. The van der Waals surface area contributed by atoms with Crippen molar-refractivity contribution in [2.24, 2.45) is 5.10 Å². The fourth-order valence-electron chi connectivity index (χ4n) is 3.61. The molecule has 0 saturated heterocycles. The zero-order valence-electron chi connectivity index (χ0n) is 17.9. The van der Waals surface area contributed by atoms with Gasteiger partial charge in [-0.2, -0.15) is 9.78 Å². The molecule has 33 heavy (non-hydrogen) atoms. The number of aromatic nitrogens is 4. The van der Waals surface area contributed by atoms with Gasteiger partial charge in [0.25, 0.3) is 5.91 Å². The van der Waals surface area contributed by atoms with Gasteiger partial charge in [-0.15, -0.1) is 5.10 Å². The number of hydrogen-bond donors (Lipinski definition) is 0. The van der Waals surface area contributed by atoms with E-state index < -0.39 is 0 Å². The fourth-order valence-corrected chi connectivity index (χ4v) is 4.35. The first-order valence-corrected chi connectivity index (χ1v) is 11.2. The van der Waals surface area contributed by atoms with E-state index in [0.717, 1.165) is 5.56 Å². The normalized spacial score (nSPS) is 15.6. The first-order chi connectivity index (χ1) is 16.1. The highest BCUT2D eigenvalue weighted by Gasteiger charge is 2.35. The molecule has 0 saturated carbocycles.